The predicted octanol–water partition coefficient (Wildman–Crippen LogP) is -1.83. The minimum Gasteiger partial charge on any atom is 0 e. The maximum absolute atomic E-state index is 2.14. The Labute approximate surface area is 79.1 Å². The van der Waals surface area contributed by atoms with Crippen LogP contribution < -0.4 is 0 Å². The Hall–Kier alpha value is 2.47. The molecule has 0 spiro atoms. The van der Waals surface area contributed by atoms with Crippen molar-refractivity contribution < 1.29 is 57.9 Å². The first kappa shape index (κ1) is 16.1. The zero-order valence-corrected chi connectivity index (χ0v) is 9.17. The molecule has 0 N–H and O–H groups in total. The summed E-state index contributed by atoms with van der Waals surface area (Å²) in [5, 5.41) is 0. The van der Waals surface area contributed by atoms with Gasteiger partial charge in [0.25, 0.3) is 0 Å². The van der Waals surface area contributed by atoms with Crippen molar-refractivity contribution in [3.05, 3.63) is 0 Å². The summed E-state index contributed by atoms with van der Waals surface area (Å²) in [6.07, 6.45) is 0. The molecule has 0 aliphatic heterocycles. The second kappa shape index (κ2) is 17.9. The van der Waals surface area contributed by atoms with Crippen molar-refractivity contribution in [2.45, 2.75) is 0 Å². The zero-order valence-electron chi connectivity index (χ0n) is 2.85. The first-order valence-corrected chi connectivity index (χ1v) is 3.00. The van der Waals surface area contributed by atoms with Crippen molar-refractivity contribution in [2.75, 3.05) is 0 Å². The summed E-state index contributed by atoms with van der Waals surface area (Å²) >= 11 is 1.31. The monoisotopic (exact) mass is 240 g/mol. The summed E-state index contributed by atoms with van der Waals surface area (Å²) in [7, 11) is 0. The Morgan fingerprint density at radius 2 is 1.25 bits per heavy atom. The minimum atomic E-state index is 0. The Kier molecular flexibility index (Phi) is 72.0. The molecule has 0 aromatic rings. The second-order valence-corrected chi connectivity index (χ2v) is 0. The molecule has 22 valence electrons. The van der Waals surface area contributed by atoms with Gasteiger partial charge in [0.1, 0.15) is 0 Å². The predicted molar refractivity (Wildman–Crippen MR) is 17.1 cm³/mol. The van der Waals surface area contributed by atoms with Crippen molar-refractivity contribution in [3.8, 4) is 0 Å². The molecule has 0 aromatic carbocycles. The fourth-order valence-electron chi connectivity index (χ4n) is 0. The van der Waals surface area contributed by atoms with Crippen molar-refractivity contribution in [2.24, 2.45) is 0 Å². The van der Waals surface area contributed by atoms with Crippen LogP contribution in [0.25, 0.3) is 0 Å². The van der Waals surface area contributed by atoms with Gasteiger partial charge in [0.05, 0.1) is 0 Å². The van der Waals surface area contributed by atoms with E-state index in [0.717, 1.165) is 0 Å². The van der Waals surface area contributed by atoms with Gasteiger partial charge in [-0.2, -0.15) is 0 Å². The molecule has 0 saturated heterocycles. The van der Waals surface area contributed by atoms with Gasteiger partial charge < -0.3 is 0 Å². The van der Waals surface area contributed by atoms with E-state index in [1.807, 2.05) is 0 Å². The van der Waals surface area contributed by atoms with E-state index >= 15 is 0 Å². The van der Waals surface area contributed by atoms with Crippen LogP contribution in [0.3, 0.4) is 0 Å². The van der Waals surface area contributed by atoms with Gasteiger partial charge >= 0.3 is 0 Å². The molecule has 0 saturated carbocycles. The van der Waals surface area contributed by atoms with Crippen LogP contribution in [0, 0.1) is 40.8 Å². The van der Waals surface area contributed by atoms with E-state index in [1.54, 1.807) is 0 Å². The molecule has 0 aromatic heterocycles. The molecule has 0 atom stereocenters. The van der Waals surface area contributed by atoms with Gasteiger partial charge in [0.15, 0.2) is 16.1 Å². The molecule has 0 aliphatic rings. The van der Waals surface area contributed by atoms with Gasteiger partial charge in [0.2, 0.25) is 0 Å². The van der Waals surface area contributed by atoms with Crippen LogP contribution in [-0.4, -0.2) is 22.7 Å². The quantitative estimate of drug-likeness (QED) is 0.438. The van der Waals surface area contributed by atoms with Crippen LogP contribution in [0.4, 0.5) is 0 Å². The topological polar surface area (TPSA) is 0 Å². The second-order valence-electron chi connectivity index (χ2n) is 0. The van der Waals surface area contributed by atoms with Crippen LogP contribution in [0.5, 0.6) is 0 Å². The molecule has 0 bridgehead atoms. The normalized spacial score (nSPS) is 1.00. The fraction of sp³-hybridized carbons (Fsp3) is 0. The fourth-order valence-corrected chi connectivity index (χ4v) is 0. The first-order chi connectivity index (χ1) is 1.00. The molecule has 0 nitrogen and oxygen atoms in total. The summed E-state index contributed by atoms with van der Waals surface area (Å²) in [4.78, 5) is 0. The molecular formula is H4AlBFeNd. The van der Waals surface area contributed by atoms with Gasteiger partial charge in [-0.1, -0.05) is 0 Å². The molecule has 4 heteroatoms. The van der Waals surface area contributed by atoms with Crippen LogP contribution in [0.15, 0.2) is 0 Å². The van der Waals surface area contributed by atoms with Crippen molar-refractivity contribution in [3.63, 3.8) is 0 Å². The number of hydrogen-bond donors (Lipinski definition) is 0. The average Bonchev–Trinajstić information content (AvgIpc) is 1.00. The maximum Gasteiger partial charge on any atom is 0.166 e. The summed E-state index contributed by atoms with van der Waals surface area (Å²) < 4.78 is 0. The van der Waals surface area contributed by atoms with E-state index in [4.69, 9.17) is 0 Å². The molecule has 0 heterocycles. The molecule has 0 unspecified atom stereocenters. The third-order valence-electron chi connectivity index (χ3n) is 0. The van der Waals surface area contributed by atoms with Gasteiger partial charge in [0, 0.05) is 64.5 Å². The van der Waals surface area contributed by atoms with E-state index in [2.05, 4.69) is 6.62 Å². The standard InChI is InChI=1S/Al.BH2.Fe.Nd.2H/h;1H2;;;;/q-1;+1;;;;. The Morgan fingerprint density at radius 3 is 1.25 bits per heavy atom. The smallest absolute Gasteiger partial charge is 0 e. The Bertz CT molecular complexity index is 8.00. The zero-order chi connectivity index (χ0) is 2.00. The Morgan fingerprint density at radius 1 is 1.25 bits per heavy atom. The number of rotatable bonds is 0. The van der Waals surface area contributed by atoms with E-state index in [9.17, 15) is 0 Å². The molecule has 4 heavy (non-hydrogen) atoms. The van der Waals surface area contributed by atoms with Crippen molar-refractivity contribution >= 4 is 22.7 Å². The largest absolute Gasteiger partial charge is 0.166 e. The van der Waals surface area contributed by atoms with Crippen LogP contribution in [0.1, 0.15) is 0 Å². The summed E-state index contributed by atoms with van der Waals surface area (Å²) in [5.41, 5.74) is 0. The Balaban J connectivity index is -0.00000000500. The van der Waals surface area contributed by atoms with E-state index in [-0.39, 0.29) is 57.9 Å². The van der Waals surface area contributed by atoms with E-state index in [0.29, 0.717) is 0 Å². The van der Waals surface area contributed by atoms with Gasteiger partial charge in [-0.3, -0.25) is 0 Å². The van der Waals surface area contributed by atoms with E-state index < -0.39 is 0 Å². The average molecular weight is 242 g/mol. The van der Waals surface area contributed by atoms with Gasteiger partial charge in [-0.15, -0.1) is 0 Å². The summed E-state index contributed by atoms with van der Waals surface area (Å²) in [6.45, 7) is 2.14. The maximum atomic E-state index is 2.14. The van der Waals surface area contributed by atoms with Gasteiger partial charge in [-0.05, 0) is 0 Å². The molecule has 0 radical (unpaired) electrons. The molecule has 0 amide bonds. The first-order valence-electron chi connectivity index (χ1n) is 1.00. The summed E-state index contributed by atoms with van der Waals surface area (Å²) in [6, 6.07) is 0. The molecule has 0 rings (SSSR count). The van der Waals surface area contributed by atoms with Crippen LogP contribution in [-0.2, 0) is 17.1 Å². The van der Waals surface area contributed by atoms with Crippen LogP contribution >= 0.6 is 0 Å². The number of hydrogen-bond acceptors (Lipinski definition) is 0. The third-order valence-corrected chi connectivity index (χ3v) is 0. The molecular weight excluding hydrogens is 238 g/mol. The van der Waals surface area contributed by atoms with Crippen molar-refractivity contribution in [1.29, 1.82) is 0 Å². The van der Waals surface area contributed by atoms with E-state index in [1.165, 1.54) is 16.1 Å². The van der Waals surface area contributed by atoms with Crippen LogP contribution in [0.2, 0.25) is 0 Å². The molecule has 0 fully saturated rings. The summed E-state index contributed by atoms with van der Waals surface area (Å²) in [5.74, 6) is 0. The SMILES string of the molecule is [BH2][AlH2].[Fe].[Nd]. The minimum absolute atomic E-state index is 0. The molecule has 0 aliphatic carbocycles. The van der Waals surface area contributed by atoms with Gasteiger partial charge in [-0.25, -0.2) is 0 Å². The van der Waals surface area contributed by atoms with Crippen molar-refractivity contribution in [1.82, 2.24) is 0 Å². The third kappa shape index (κ3) is 8.82.